The third-order valence-electron chi connectivity index (χ3n) is 11.4. The molecule has 0 N–H and O–H groups in total. The highest BCUT2D eigenvalue weighted by Gasteiger charge is 2.20. The van der Waals surface area contributed by atoms with E-state index in [1.807, 2.05) is 0 Å². The molecule has 0 rings (SSSR count). The number of ether oxygens (including phenoxy) is 3. The second kappa shape index (κ2) is 49.8. The first-order valence-electron chi connectivity index (χ1n) is 25.7. The number of esters is 3. The normalized spacial score (nSPS) is 11.8. The van der Waals surface area contributed by atoms with Gasteiger partial charge in [-0.2, -0.15) is 23.5 Å². The van der Waals surface area contributed by atoms with Gasteiger partial charge in [-0.1, -0.05) is 239 Å². The quantitative estimate of drug-likeness (QED) is 0.0340. The summed E-state index contributed by atoms with van der Waals surface area (Å²) in [6.07, 6.45) is 47.5. The molecule has 59 heavy (non-hydrogen) atoms. The summed E-state index contributed by atoms with van der Waals surface area (Å²) >= 11 is 3.20. The summed E-state index contributed by atoms with van der Waals surface area (Å²) in [6.45, 7) is 6.64. The predicted octanol–water partition coefficient (Wildman–Crippen LogP) is 16.3. The van der Waals surface area contributed by atoms with Crippen molar-refractivity contribution in [2.24, 2.45) is 0 Å². The number of hydrogen-bond donors (Lipinski definition) is 0. The lowest BCUT2D eigenvalue weighted by atomic mass is 10.0. The van der Waals surface area contributed by atoms with E-state index in [4.69, 9.17) is 14.2 Å². The second-order valence-electron chi connectivity index (χ2n) is 17.4. The topological polar surface area (TPSA) is 78.9 Å². The molecule has 0 saturated carbocycles. The van der Waals surface area contributed by atoms with Crippen LogP contribution in [-0.4, -0.2) is 60.2 Å². The van der Waals surface area contributed by atoms with Crippen molar-refractivity contribution < 1.29 is 28.6 Å². The van der Waals surface area contributed by atoms with Gasteiger partial charge < -0.3 is 14.2 Å². The van der Waals surface area contributed by atoms with Crippen molar-refractivity contribution >= 4 is 41.4 Å². The number of hydrogen-bond acceptors (Lipinski definition) is 8. The Morgan fingerprint density at radius 1 is 0.339 bits per heavy atom. The summed E-state index contributed by atoms with van der Waals surface area (Å²) in [5.74, 6) is 1.48. The molecule has 1 unspecified atom stereocenters. The van der Waals surface area contributed by atoms with Crippen LogP contribution in [0.4, 0.5) is 0 Å². The third kappa shape index (κ3) is 48.0. The zero-order valence-corrected chi connectivity index (χ0v) is 41.1. The smallest absolute Gasteiger partial charge is 0.316 e. The van der Waals surface area contributed by atoms with Gasteiger partial charge in [-0.05, 0) is 30.8 Å². The first kappa shape index (κ1) is 58.1. The van der Waals surface area contributed by atoms with Crippen LogP contribution in [0.2, 0.25) is 0 Å². The molecule has 6 nitrogen and oxygen atoms in total. The standard InChI is InChI=1S/C51H98O6S2/c1-4-7-10-13-16-19-22-25-26-29-32-35-38-41-49(52)55-44-48(57-51(54)47-59-43-40-37-34-31-28-24-21-18-15-12-9-6-3)45-56-50(53)46-58-42-39-36-33-30-27-23-20-17-14-11-8-5-2/h48H,4-47H2,1-3H3. The molecular formula is C51H98O6S2. The monoisotopic (exact) mass is 871 g/mol. The second-order valence-corrected chi connectivity index (χ2v) is 19.6. The zero-order chi connectivity index (χ0) is 43.0. The van der Waals surface area contributed by atoms with Gasteiger partial charge in [-0.3, -0.25) is 14.4 Å². The van der Waals surface area contributed by atoms with Crippen molar-refractivity contribution in [3.8, 4) is 0 Å². The Hall–Kier alpha value is -0.890. The van der Waals surface area contributed by atoms with Crippen molar-refractivity contribution in [3.63, 3.8) is 0 Å². The van der Waals surface area contributed by atoms with Crippen molar-refractivity contribution in [1.82, 2.24) is 0 Å². The van der Waals surface area contributed by atoms with Gasteiger partial charge in [-0.15, -0.1) is 0 Å². The Labute approximate surface area is 375 Å². The molecular weight excluding hydrogens is 773 g/mol. The van der Waals surface area contributed by atoms with E-state index in [9.17, 15) is 14.4 Å². The summed E-state index contributed by atoms with van der Waals surface area (Å²) in [7, 11) is 0. The molecule has 0 aliphatic heterocycles. The van der Waals surface area contributed by atoms with E-state index < -0.39 is 6.10 Å². The molecule has 0 bridgehead atoms. The van der Waals surface area contributed by atoms with E-state index >= 15 is 0 Å². The van der Waals surface area contributed by atoms with Gasteiger partial charge >= 0.3 is 17.9 Å². The van der Waals surface area contributed by atoms with E-state index in [0.717, 1.165) is 43.6 Å². The number of carbonyl (C=O) groups is 3. The van der Waals surface area contributed by atoms with Gasteiger partial charge in [0.25, 0.3) is 0 Å². The molecule has 0 aromatic rings. The highest BCUT2D eigenvalue weighted by atomic mass is 32.2. The van der Waals surface area contributed by atoms with Gasteiger partial charge in [0.1, 0.15) is 13.2 Å². The minimum atomic E-state index is -0.782. The molecule has 0 amide bonds. The van der Waals surface area contributed by atoms with E-state index in [0.29, 0.717) is 6.42 Å². The fourth-order valence-electron chi connectivity index (χ4n) is 7.51. The maximum atomic E-state index is 12.8. The molecule has 1 atom stereocenters. The molecule has 0 fully saturated rings. The fourth-order valence-corrected chi connectivity index (χ4v) is 9.10. The van der Waals surface area contributed by atoms with Crippen LogP contribution in [-0.2, 0) is 28.6 Å². The lowest BCUT2D eigenvalue weighted by molar-refractivity contribution is -0.164. The summed E-state index contributed by atoms with van der Waals surface area (Å²) in [4.78, 5) is 37.9. The molecule has 0 aliphatic rings. The van der Waals surface area contributed by atoms with Crippen LogP contribution in [0.1, 0.15) is 265 Å². The number of thioether (sulfide) groups is 2. The Balaban J connectivity index is 4.31. The molecule has 0 saturated heterocycles. The summed E-state index contributed by atoms with van der Waals surface area (Å²) in [5.41, 5.74) is 0. The van der Waals surface area contributed by atoms with E-state index in [1.54, 1.807) is 23.5 Å². The molecule has 0 aliphatic carbocycles. The summed E-state index contributed by atoms with van der Waals surface area (Å²) < 4.78 is 16.8. The van der Waals surface area contributed by atoms with E-state index in [2.05, 4.69) is 20.8 Å². The average Bonchev–Trinajstić information content (AvgIpc) is 3.23. The van der Waals surface area contributed by atoms with Crippen molar-refractivity contribution in [2.45, 2.75) is 271 Å². The molecule has 0 heterocycles. The summed E-state index contributed by atoms with van der Waals surface area (Å²) in [6, 6.07) is 0. The maximum absolute atomic E-state index is 12.8. The van der Waals surface area contributed by atoms with Crippen molar-refractivity contribution in [2.75, 3.05) is 36.2 Å². The minimum Gasteiger partial charge on any atom is -0.462 e. The van der Waals surface area contributed by atoms with E-state index in [1.165, 1.54) is 205 Å². The van der Waals surface area contributed by atoms with Gasteiger partial charge in [0.2, 0.25) is 0 Å². The summed E-state index contributed by atoms with van der Waals surface area (Å²) in [5, 5.41) is 0. The molecule has 8 heteroatoms. The minimum absolute atomic E-state index is 0.0777. The van der Waals surface area contributed by atoms with Gasteiger partial charge in [0.15, 0.2) is 6.10 Å². The first-order chi connectivity index (χ1) is 29.0. The Bertz CT molecular complexity index is 886. The molecule has 0 aromatic carbocycles. The molecule has 0 radical (unpaired) electrons. The largest absolute Gasteiger partial charge is 0.462 e. The van der Waals surface area contributed by atoms with Crippen LogP contribution in [0, 0.1) is 0 Å². The first-order valence-corrected chi connectivity index (χ1v) is 28.0. The predicted molar refractivity (Wildman–Crippen MR) is 259 cm³/mol. The molecule has 350 valence electrons. The Morgan fingerprint density at radius 3 is 0.949 bits per heavy atom. The van der Waals surface area contributed by atoms with Crippen LogP contribution in [0.15, 0.2) is 0 Å². The Kier molecular flexibility index (Phi) is 49.0. The fraction of sp³-hybridized carbons (Fsp3) is 0.941. The third-order valence-corrected chi connectivity index (χ3v) is 13.4. The SMILES string of the molecule is CCCCCCCCCCCCCCCC(=O)OCC(COC(=O)CSCCCCCCCCCCCCCC)OC(=O)CSCCCCCCCCCCCCCC. The number of rotatable bonds is 49. The van der Waals surface area contributed by atoms with Crippen LogP contribution in [0.5, 0.6) is 0 Å². The zero-order valence-electron chi connectivity index (χ0n) is 39.5. The highest BCUT2D eigenvalue weighted by molar-refractivity contribution is 8.00. The lowest BCUT2D eigenvalue weighted by Crippen LogP contribution is -2.31. The molecule has 0 aromatic heterocycles. The number of carbonyl (C=O) groups excluding carboxylic acids is 3. The van der Waals surface area contributed by atoms with E-state index in [-0.39, 0.29) is 42.6 Å². The van der Waals surface area contributed by atoms with Crippen LogP contribution in [0.3, 0.4) is 0 Å². The Morgan fingerprint density at radius 2 is 0.610 bits per heavy atom. The van der Waals surface area contributed by atoms with Gasteiger partial charge in [0.05, 0.1) is 11.5 Å². The lowest BCUT2D eigenvalue weighted by Gasteiger charge is -2.18. The van der Waals surface area contributed by atoms with Crippen LogP contribution in [0.25, 0.3) is 0 Å². The van der Waals surface area contributed by atoms with Crippen molar-refractivity contribution in [3.05, 3.63) is 0 Å². The number of unbranched alkanes of at least 4 members (excludes halogenated alkanes) is 34. The maximum Gasteiger partial charge on any atom is 0.316 e. The molecule has 0 spiro atoms. The highest BCUT2D eigenvalue weighted by Crippen LogP contribution is 2.17. The average molecular weight is 871 g/mol. The van der Waals surface area contributed by atoms with Gasteiger partial charge in [0, 0.05) is 6.42 Å². The van der Waals surface area contributed by atoms with Crippen molar-refractivity contribution in [1.29, 1.82) is 0 Å². The van der Waals surface area contributed by atoms with Crippen LogP contribution < -0.4 is 0 Å². The van der Waals surface area contributed by atoms with Gasteiger partial charge in [-0.25, -0.2) is 0 Å². The van der Waals surface area contributed by atoms with Crippen LogP contribution >= 0.6 is 23.5 Å².